The zero-order valence-corrected chi connectivity index (χ0v) is 18.9. The highest BCUT2D eigenvalue weighted by Crippen LogP contribution is 2.47. The molecule has 1 unspecified atom stereocenters. The summed E-state index contributed by atoms with van der Waals surface area (Å²) in [5, 5.41) is 14.5. The van der Waals surface area contributed by atoms with Crippen LogP contribution in [0.5, 0.6) is 0 Å². The van der Waals surface area contributed by atoms with E-state index in [1.807, 2.05) is 44.2 Å². The minimum absolute atomic E-state index is 0.123. The maximum absolute atomic E-state index is 12.8. The highest BCUT2D eigenvalue weighted by atomic mass is 31.2. The number of amides is 2. The fourth-order valence-corrected chi connectivity index (χ4v) is 4.72. The largest absolute Gasteiger partial charge is 0.481 e. The molecule has 1 aromatic rings. The van der Waals surface area contributed by atoms with Gasteiger partial charge in [-0.2, -0.15) is 0 Å². The molecule has 0 aliphatic heterocycles. The number of carboxylic acids is 1. The van der Waals surface area contributed by atoms with Gasteiger partial charge in [0.2, 0.25) is 19.2 Å². The van der Waals surface area contributed by atoms with Gasteiger partial charge >= 0.3 is 5.97 Å². The van der Waals surface area contributed by atoms with Crippen molar-refractivity contribution in [2.75, 3.05) is 6.16 Å². The molecule has 1 rings (SSSR count). The topological polar surface area (TPSA) is 133 Å². The summed E-state index contributed by atoms with van der Waals surface area (Å²) in [5.41, 5.74) is 0.949. The van der Waals surface area contributed by atoms with Crippen molar-refractivity contribution in [1.82, 2.24) is 10.6 Å². The number of carbonyl (C=O) groups excluding carboxylic acids is 2. The molecule has 0 saturated carbocycles. The monoisotopic (exact) mass is 440 g/mol. The van der Waals surface area contributed by atoms with Crippen molar-refractivity contribution in [3.05, 3.63) is 35.9 Å². The summed E-state index contributed by atoms with van der Waals surface area (Å²) < 4.78 is 12.8. The van der Waals surface area contributed by atoms with E-state index in [2.05, 4.69) is 10.6 Å². The van der Waals surface area contributed by atoms with Crippen LogP contribution in [-0.4, -0.2) is 45.8 Å². The summed E-state index contributed by atoms with van der Waals surface area (Å²) in [6, 6.07) is 8.48. The zero-order valence-electron chi connectivity index (χ0n) is 18.0. The van der Waals surface area contributed by atoms with E-state index in [0.717, 1.165) is 5.56 Å². The predicted octanol–water partition coefficient (Wildman–Crippen LogP) is 2.60. The first-order chi connectivity index (χ1) is 13.9. The Labute approximate surface area is 177 Å². The minimum Gasteiger partial charge on any atom is -0.481 e. The molecule has 168 valence electrons. The number of hydrogen-bond donors (Lipinski definition) is 4. The van der Waals surface area contributed by atoms with Gasteiger partial charge in [0.25, 0.3) is 0 Å². The fourth-order valence-electron chi connectivity index (χ4n) is 3.11. The van der Waals surface area contributed by atoms with E-state index in [0.29, 0.717) is 12.8 Å². The lowest BCUT2D eigenvalue weighted by Crippen LogP contribution is -2.49. The Kier molecular flexibility index (Phi) is 10.2. The quantitative estimate of drug-likeness (QED) is 0.369. The van der Waals surface area contributed by atoms with Gasteiger partial charge in [0, 0.05) is 13.1 Å². The molecule has 1 aromatic carbocycles. The van der Waals surface area contributed by atoms with E-state index in [1.54, 1.807) is 0 Å². The van der Waals surface area contributed by atoms with Crippen molar-refractivity contribution in [2.45, 2.75) is 58.8 Å². The second kappa shape index (κ2) is 11.9. The van der Waals surface area contributed by atoms with E-state index in [4.69, 9.17) is 0 Å². The molecular weight excluding hydrogens is 407 g/mol. The van der Waals surface area contributed by atoms with E-state index < -0.39 is 43.1 Å². The average molecular weight is 440 g/mol. The fraction of sp³-hybridized carbons (Fsp3) is 0.571. The first kappa shape index (κ1) is 25.9. The lowest BCUT2D eigenvalue weighted by Gasteiger charge is -2.26. The van der Waals surface area contributed by atoms with Gasteiger partial charge in [0.1, 0.15) is 11.8 Å². The molecule has 0 spiro atoms. The van der Waals surface area contributed by atoms with Crippen molar-refractivity contribution in [1.29, 1.82) is 0 Å². The number of aryl methyl sites for hydroxylation is 1. The maximum Gasteiger partial charge on any atom is 0.307 e. The molecule has 0 heterocycles. The third-order valence-corrected chi connectivity index (χ3v) is 7.12. The van der Waals surface area contributed by atoms with Gasteiger partial charge in [0.05, 0.1) is 5.92 Å². The summed E-state index contributed by atoms with van der Waals surface area (Å²) in [7, 11) is -4.00. The van der Waals surface area contributed by atoms with Crippen LogP contribution in [-0.2, 0) is 25.4 Å². The summed E-state index contributed by atoms with van der Waals surface area (Å²) in [5.74, 6) is -4.10. The van der Waals surface area contributed by atoms with Crippen LogP contribution < -0.4 is 10.6 Å². The molecular formula is C21H33N2O6P. The molecule has 4 N–H and O–H groups in total. The molecule has 9 heteroatoms. The molecule has 30 heavy (non-hydrogen) atoms. The Morgan fingerprint density at radius 3 is 2.17 bits per heavy atom. The van der Waals surface area contributed by atoms with Gasteiger partial charge in [-0.1, -0.05) is 44.2 Å². The Hall–Kier alpha value is -2.18. The standard InChI is InChI=1S/C21H33N2O6P/c1-14(2)12-19(22-15(3)24)20(25)23-16(4)30(28,29)13-18(21(26)27)11-10-17-8-6-5-7-9-17/h5-9,14,16,18-19H,10-13H2,1-4H3,(H,22,24)(H,23,25)(H,26,27)(H,28,29)/t16-,18-,19+/m1/s1. The van der Waals surface area contributed by atoms with Crippen LogP contribution in [0, 0.1) is 11.8 Å². The number of benzene rings is 1. The first-order valence-corrected chi connectivity index (χ1v) is 12.0. The van der Waals surface area contributed by atoms with Crippen molar-refractivity contribution in [3.63, 3.8) is 0 Å². The highest BCUT2D eigenvalue weighted by molar-refractivity contribution is 7.58. The molecule has 0 radical (unpaired) electrons. The Morgan fingerprint density at radius 2 is 1.67 bits per heavy atom. The van der Waals surface area contributed by atoms with Crippen LogP contribution in [0.15, 0.2) is 30.3 Å². The van der Waals surface area contributed by atoms with E-state index in [1.165, 1.54) is 13.8 Å². The number of hydrogen-bond acceptors (Lipinski definition) is 4. The SMILES string of the molecule is CC(=O)N[C@@H](CC(C)C)C(=O)N[C@@H](C)P(=O)(O)C[C@@H](CCc1ccccc1)C(=O)O. The third-order valence-electron chi connectivity index (χ3n) is 4.81. The van der Waals surface area contributed by atoms with E-state index >= 15 is 0 Å². The summed E-state index contributed by atoms with van der Waals surface area (Å²) in [6.45, 7) is 6.47. The van der Waals surface area contributed by atoms with Crippen molar-refractivity contribution < 1.29 is 28.9 Å². The maximum atomic E-state index is 12.8. The number of nitrogens with one attached hydrogen (secondary N) is 2. The molecule has 0 aliphatic carbocycles. The van der Waals surface area contributed by atoms with Crippen molar-refractivity contribution >= 4 is 25.2 Å². The predicted molar refractivity (Wildman–Crippen MR) is 115 cm³/mol. The van der Waals surface area contributed by atoms with Crippen LogP contribution in [0.4, 0.5) is 0 Å². The highest BCUT2D eigenvalue weighted by Gasteiger charge is 2.35. The Bertz CT molecular complexity index is 768. The van der Waals surface area contributed by atoms with Gasteiger partial charge in [0.15, 0.2) is 0 Å². The van der Waals surface area contributed by atoms with Crippen LogP contribution in [0.1, 0.15) is 46.1 Å². The Morgan fingerprint density at radius 1 is 1.07 bits per heavy atom. The Balaban J connectivity index is 2.78. The summed E-state index contributed by atoms with van der Waals surface area (Å²) in [4.78, 5) is 46.0. The van der Waals surface area contributed by atoms with Crippen LogP contribution in [0.3, 0.4) is 0 Å². The molecule has 0 fully saturated rings. The molecule has 8 nitrogen and oxygen atoms in total. The van der Waals surface area contributed by atoms with Gasteiger partial charge in [-0.15, -0.1) is 0 Å². The summed E-state index contributed by atoms with van der Waals surface area (Å²) in [6.07, 6.45) is 0.623. The van der Waals surface area contributed by atoms with E-state index in [-0.39, 0.29) is 18.2 Å². The van der Waals surface area contributed by atoms with Crippen LogP contribution in [0.25, 0.3) is 0 Å². The van der Waals surface area contributed by atoms with Gasteiger partial charge in [-0.3, -0.25) is 18.9 Å². The summed E-state index contributed by atoms with van der Waals surface area (Å²) >= 11 is 0. The number of carbonyl (C=O) groups is 3. The smallest absolute Gasteiger partial charge is 0.307 e. The average Bonchev–Trinajstić information content (AvgIpc) is 2.64. The second-order valence-corrected chi connectivity index (χ2v) is 10.7. The van der Waals surface area contributed by atoms with Gasteiger partial charge in [-0.05, 0) is 37.7 Å². The number of carboxylic acid groups (broad SMARTS) is 1. The van der Waals surface area contributed by atoms with Crippen molar-refractivity contribution in [2.24, 2.45) is 11.8 Å². The molecule has 0 aromatic heterocycles. The zero-order chi connectivity index (χ0) is 22.9. The minimum atomic E-state index is -4.00. The normalized spacial score (nSPS) is 16.2. The molecule has 0 saturated heterocycles. The molecule has 2 amide bonds. The first-order valence-electron chi connectivity index (χ1n) is 10.1. The lowest BCUT2D eigenvalue weighted by molar-refractivity contribution is -0.141. The number of rotatable bonds is 12. The lowest BCUT2D eigenvalue weighted by atomic mass is 10.0. The van der Waals surface area contributed by atoms with Crippen LogP contribution >= 0.6 is 7.37 Å². The van der Waals surface area contributed by atoms with Crippen molar-refractivity contribution in [3.8, 4) is 0 Å². The van der Waals surface area contributed by atoms with Gasteiger partial charge in [-0.25, -0.2) is 0 Å². The third kappa shape index (κ3) is 9.09. The second-order valence-electron chi connectivity index (χ2n) is 8.06. The van der Waals surface area contributed by atoms with Gasteiger partial charge < -0.3 is 20.6 Å². The molecule has 0 aliphatic rings. The molecule has 4 atom stereocenters. The van der Waals surface area contributed by atoms with E-state index in [9.17, 15) is 28.9 Å². The van der Waals surface area contributed by atoms with Crippen LogP contribution in [0.2, 0.25) is 0 Å². The number of aliphatic carboxylic acids is 1. The molecule has 0 bridgehead atoms.